The van der Waals surface area contributed by atoms with Crippen LogP contribution < -0.4 is 11.1 Å². The van der Waals surface area contributed by atoms with E-state index < -0.39 is 5.41 Å². The smallest absolute Gasteiger partial charge is 0.233 e. The lowest BCUT2D eigenvalue weighted by Crippen LogP contribution is -2.48. The van der Waals surface area contributed by atoms with E-state index in [1.165, 1.54) is 19.3 Å². The number of thiocarbonyl (C=S) groups is 1. The van der Waals surface area contributed by atoms with Crippen molar-refractivity contribution in [3.05, 3.63) is 0 Å². The van der Waals surface area contributed by atoms with Crippen molar-refractivity contribution in [3.63, 3.8) is 0 Å². The number of carbonyl (C=O) groups excluding carboxylic acids is 1. The Morgan fingerprint density at radius 2 is 2.00 bits per heavy atom. The van der Waals surface area contributed by atoms with Crippen molar-refractivity contribution in [1.82, 2.24) is 5.32 Å². The van der Waals surface area contributed by atoms with Crippen molar-refractivity contribution in [2.24, 2.45) is 17.1 Å². The molecule has 0 aromatic heterocycles. The van der Waals surface area contributed by atoms with E-state index in [2.05, 4.69) is 5.32 Å². The van der Waals surface area contributed by atoms with Crippen molar-refractivity contribution >= 4 is 23.1 Å². The molecule has 0 unspecified atom stereocenters. The van der Waals surface area contributed by atoms with Gasteiger partial charge in [0.25, 0.3) is 0 Å². The van der Waals surface area contributed by atoms with Crippen LogP contribution >= 0.6 is 12.2 Å². The van der Waals surface area contributed by atoms with Crippen molar-refractivity contribution in [2.45, 2.75) is 52.4 Å². The lowest BCUT2D eigenvalue weighted by Gasteiger charge is -2.28. The SMILES string of the molecule is CCC(CC)(C(=O)NCCCC1CC1)C(N)=S. The molecule has 0 atom stereocenters. The summed E-state index contributed by atoms with van der Waals surface area (Å²) < 4.78 is 0. The number of hydrogen-bond acceptors (Lipinski definition) is 2. The summed E-state index contributed by atoms with van der Waals surface area (Å²) in [6, 6.07) is 0. The molecule has 1 aliphatic rings. The third kappa shape index (κ3) is 3.66. The maximum Gasteiger partial charge on any atom is 0.233 e. The third-order valence-corrected chi connectivity index (χ3v) is 4.28. The minimum Gasteiger partial charge on any atom is -0.392 e. The molecule has 1 fully saturated rings. The van der Waals surface area contributed by atoms with Gasteiger partial charge >= 0.3 is 0 Å². The first-order chi connectivity index (χ1) is 8.06. The molecule has 0 aliphatic heterocycles. The molecule has 1 saturated carbocycles. The minimum atomic E-state index is -0.644. The molecule has 0 radical (unpaired) electrons. The van der Waals surface area contributed by atoms with Gasteiger partial charge in [-0.2, -0.15) is 0 Å². The van der Waals surface area contributed by atoms with Crippen molar-refractivity contribution in [2.75, 3.05) is 6.54 Å². The van der Waals surface area contributed by atoms with E-state index in [4.69, 9.17) is 18.0 Å². The van der Waals surface area contributed by atoms with Gasteiger partial charge in [-0.15, -0.1) is 0 Å². The molecule has 0 heterocycles. The van der Waals surface area contributed by atoms with Gasteiger partial charge in [0.15, 0.2) is 0 Å². The van der Waals surface area contributed by atoms with Crippen LogP contribution in [0.4, 0.5) is 0 Å². The molecule has 0 bridgehead atoms. The normalized spacial score (nSPS) is 15.6. The van der Waals surface area contributed by atoms with Gasteiger partial charge < -0.3 is 11.1 Å². The van der Waals surface area contributed by atoms with Crippen LogP contribution in [0.1, 0.15) is 52.4 Å². The highest BCUT2D eigenvalue weighted by molar-refractivity contribution is 7.80. The summed E-state index contributed by atoms with van der Waals surface area (Å²) in [6.07, 6.45) is 6.39. The fraction of sp³-hybridized carbons (Fsp3) is 0.846. The summed E-state index contributed by atoms with van der Waals surface area (Å²) in [5.41, 5.74) is 5.08. The Morgan fingerprint density at radius 1 is 1.41 bits per heavy atom. The second kappa shape index (κ2) is 6.34. The molecule has 3 N–H and O–H groups in total. The van der Waals surface area contributed by atoms with Crippen LogP contribution in [0.3, 0.4) is 0 Å². The molecule has 0 aromatic carbocycles. The number of amides is 1. The van der Waals surface area contributed by atoms with Crippen LogP contribution in [0.2, 0.25) is 0 Å². The van der Waals surface area contributed by atoms with E-state index in [-0.39, 0.29) is 5.91 Å². The molecule has 1 rings (SSSR count). The Kier molecular flexibility index (Phi) is 5.37. The van der Waals surface area contributed by atoms with E-state index in [1.54, 1.807) is 0 Å². The maximum atomic E-state index is 12.2. The Labute approximate surface area is 110 Å². The van der Waals surface area contributed by atoms with Crippen LogP contribution in [0, 0.1) is 11.3 Å². The quantitative estimate of drug-likeness (QED) is 0.518. The molecule has 0 aromatic rings. The molecule has 3 nitrogen and oxygen atoms in total. The Balaban J connectivity index is 2.38. The summed E-state index contributed by atoms with van der Waals surface area (Å²) in [4.78, 5) is 12.5. The van der Waals surface area contributed by atoms with Gasteiger partial charge in [0.05, 0.1) is 10.4 Å². The highest BCUT2D eigenvalue weighted by Gasteiger charge is 2.37. The second-order valence-electron chi connectivity index (χ2n) is 4.99. The zero-order chi connectivity index (χ0) is 12.9. The minimum absolute atomic E-state index is 0.00537. The lowest BCUT2D eigenvalue weighted by atomic mass is 9.81. The first-order valence-electron chi connectivity index (χ1n) is 6.65. The van der Waals surface area contributed by atoms with E-state index in [0.29, 0.717) is 17.8 Å². The van der Waals surface area contributed by atoms with Gasteiger partial charge in [-0.1, -0.05) is 38.9 Å². The van der Waals surface area contributed by atoms with Gasteiger partial charge in [-0.05, 0) is 31.6 Å². The highest BCUT2D eigenvalue weighted by atomic mass is 32.1. The summed E-state index contributed by atoms with van der Waals surface area (Å²) >= 11 is 5.05. The third-order valence-electron chi connectivity index (χ3n) is 3.89. The zero-order valence-electron chi connectivity index (χ0n) is 10.9. The van der Waals surface area contributed by atoms with Gasteiger partial charge in [-0.3, -0.25) is 4.79 Å². The largest absolute Gasteiger partial charge is 0.392 e. The molecule has 17 heavy (non-hydrogen) atoms. The van der Waals surface area contributed by atoms with Crippen LogP contribution in [0.15, 0.2) is 0 Å². The van der Waals surface area contributed by atoms with Crippen LogP contribution in [0.25, 0.3) is 0 Å². The first-order valence-corrected chi connectivity index (χ1v) is 7.05. The molecule has 0 spiro atoms. The van der Waals surface area contributed by atoms with E-state index in [0.717, 1.165) is 18.9 Å². The van der Waals surface area contributed by atoms with Gasteiger partial charge in [0.1, 0.15) is 0 Å². The number of nitrogens with one attached hydrogen (secondary N) is 1. The Morgan fingerprint density at radius 3 is 2.41 bits per heavy atom. The van der Waals surface area contributed by atoms with E-state index in [9.17, 15) is 4.79 Å². The standard InChI is InChI=1S/C13H24N2OS/c1-3-13(4-2,11(14)17)12(16)15-9-5-6-10-7-8-10/h10H,3-9H2,1-2H3,(H2,14,17)(H,15,16). The Hall–Kier alpha value is -0.640. The molecule has 98 valence electrons. The number of rotatable bonds is 8. The van der Waals surface area contributed by atoms with Gasteiger partial charge in [0.2, 0.25) is 5.91 Å². The predicted octanol–water partition coefficient (Wildman–Crippen LogP) is 2.39. The topological polar surface area (TPSA) is 55.1 Å². The van der Waals surface area contributed by atoms with Crippen molar-refractivity contribution < 1.29 is 4.79 Å². The molecular weight excluding hydrogens is 232 g/mol. The summed E-state index contributed by atoms with van der Waals surface area (Å²) in [5, 5.41) is 2.98. The predicted molar refractivity (Wildman–Crippen MR) is 74.8 cm³/mol. The fourth-order valence-corrected chi connectivity index (χ4v) is 2.58. The number of carbonyl (C=O) groups is 1. The molecular formula is C13H24N2OS. The summed E-state index contributed by atoms with van der Waals surface area (Å²) in [5.74, 6) is 0.926. The molecule has 1 aliphatic carbocycles. The first kappa shape index (κ1) is 14.4. The molecule has 4 heteroatoms. The van der Waals surface area contributed by atoms with Gasteiger partial charge in [-0.25, -0.2) is 0 Å². The number of nitrogens with two attached hydrogens (primary N) is 1. The van der Waals surface area contributed by atoms with Gasteiger partial charge in [0, 0.05) is 6.54 Å². The lowest BCUT2D eigenvalue weighted by molar-refractivity contribution is -0.127. The van der Waals surface area contributed by atoms with Crippen molar-refractivity contribution in [3.8, 4) is 0 Å². The fourth-order valence-electron chi connectivity index (χ4n) is 2.20. The average molecular weight is 256 g/mol. The van der Waals surface area contributed by atoms with Crippen molar-refractivity contribution in [1.29, 1.82) is 0 Å². The monoisotopic (exact) mass is 256 g/mol. The van der Waals surface area contributed by atoms with E-state index >= 15 is 0 Å². The number of hydrogen-bond donors (Lipinski definition) is 2. The molecule has 0 saturated heterocycles. The molecule has 1 amide bonds. The summed E-state index contributed by atoms with van der Waals surface area (Å²) in [6.45, 7) is 4.68. The average Bonchev–Trinajstić information content (AvgIpc) is 3.10. The van der Waals surface area contributed by atoms with E-state index in [1.807, 2.05) is 13.8 Å². The second-order valence-corrected chi connectivity index (χ2v) is 5.43. The Bertz CT molecular complexity index is 283. The summed E-state index contributed by atoms with van der Waals surface area (Å²) in [7, 11) is 0. The van der Waals surface area contributed by atoms with Crippen LogP contribution in [0.5, 0.6) is 0 Å². The van der Waals surface area contributed by atoms with Crippen LogP contribution in [-0.4, -0.2) is 17.4 Å². The maximum absolute atomic E-state index is 12.2. The van der Waals surface area contributed by atoms with Crippen LogP contribution in [-0.2, 0) is 4.79 Å². The highest BCUT2D eigenvalue weighted by Crippen LogP contribution is 2.33. The zero-order valence-corrected chi connectivity index (χ0v) is 11.7.